The summed E-state index contributed by atoms with van der Waals surface area (Å²) in [6, 6.07) is 3.47. The fraction of sp³-hybridized carbons (Fsp3) is 0.588. The van der Waals surface area contributed by atoms with Crippen LogP contribution in [0.2, 0.25) is 0 Å². The van der Waals surface area contributed by atoms with Crippen molar-refractivity contribution in [2.45, 2.75) is 46.1 Å². The molecule has 0 aromatic carbocycles. The van der Waals surface area contributed by atoms with Crippen molar-refractivity contribution in [3.8, 4) is 12.0 Å². The van der Waals surface area contributed by atoms with Gasteiger partial charge in [0, 0.05) is 12.1 Å². The van der Waals surface area contributed by atoms with Gasteiger partial charge in [-0.2, -0.15) is 0 Å². The fourth-order valence-corrected chi connectivity index (χ4v) is 2.26. The molecule has 0 aromatic heterocycles. The lowest BCUT2D eigenvalue weighted by Crippen LogP contribution is -2.28. The molecule has 0 radical (unpaired) electrons. The average Bonchev–Trinajstić information content (AvgIpc) is 2.45. The Bertz CT molecular complexity index is 449. The predicted molar refractivity (Wildman–Crippen MR) is 86.9 cm³/mol. The summed E-state index contributed by atoms with van der Waals surface area (Å²) in [5, 5.41) is 14.5. The van der Waals surface area contributed by atoms with E-state index in [9.17, 15) is 0 Å². The van der Waals surface area contributed by atoms with Crippen LogP contribution in [0.3, 0.4) is 0 Å². The Morgan fingerprint density at radius 1 is 1.40 bits per heavy atom. The van der Waals surface area contributed by atoms with E-state index in [0.29, 0.717) is 11.8 Å². The Morgan fingerprint density at radius 2 is 2.15 bits per heavy atom. The normalized spacial score (nSPS) is 19.6. The first-order valence-electron chi connectivity index (χ1n) is 7.50. The van der Waals surface area contributed by atoms with Crippen molar-refractivity contribution in [2.75, 3.05) is 13.6 Å². The molecule has 1 aliphatic rings. The van der Waals surface area contributed by atoms with Gasteiger partial charge in [0.2, 0.25) is 0 Å². The standard InChI is InChI=1S/C17H27N3/c1-5-14-12-17(18)15(11-13(14)3)7-10-20-16(6-2)8-9-19-4/h11-12,15-16,18-20H,5-6,8-9H2,1-4H3. The Kier molecular flexibility index (Phi) is 7.11. The average molecular weight is 273 g/mol. The van der Waals surface area contributed by atoms with Crippen LogP contribution in [0.25, 0.3) is 0 Å². The van der Waals surface area contributed by atoms with Gasteiger partial charge in [-0.25, -0.2) is 0 Å². The Balaban J connectivity index is 2.60. The summed E-state index contributed by atoms with van der Waals surface area (Å²) in [5.74, 6) is 3.09. The van der Waals surface area contributed by atoms with E-state index >= 15 is 0 Å². The fourth-order valence-electron chi connectivity index (χ4n) is 2.26. The number of hydrogen-bond donors (Lipinski definition) is 3. The van der Waals surface area contributed by atoms with E-state index in [1.165, 1.54) is 11.1 Å². The first-order chi connectivity index (χ1) is 9.62. The second-order valence-electron chi connectivity index (χ2n) is 5.22. The number of rotatable bonds is 6. The molecule has 3 nitrogen and oxygen atoms in total. The third-order valence-corrected chi connectivity index (χ3v) is 3.71. The van der Waals surface area contributed by atoms with Crippen molar-refractivity contribution in [1.29, 1.82) is 5.41 Å². The maximum absolute atomic E-state index is 8.05. The van der Waals surface area contributed by atoms with Gasteiger partial charge >= 0.3 is 0 Å². The van der Waals surface area contributed by atoms with Gasteiger partial charge in [-0.3, -0.25) is 0 Å². The van der Waals surface area contributed by atoms with E-state index in [-0.39, 0.29) is 5.92 Å². The molecule has 0 fully saturated rings. The van der Waals surface area contributed by atoms with Crippen LogP contribution in [0.15, 0.2) is 23.3 Å². The van der Waals surface area contributed by atoms with Gasteiger partial charge in [0.1, 0.15) is 0 Å². The molecule has 2 atom stereocenters. The van der Waals surface area contributed by atoms with Gasteiger partial charge in [0.25, 0.3) is 0 Å². The molecule has 0 spiro atoms. The lowest BCUT2D eigenvalue weighted by molar-refractivity contribution is 0.522. The minimum atomic E-state index is -0.0698. The van der Waals surface area contributed by atoms with Crippen molar-refractivity contribution in [3.05, 3.63) is 23.3 Å². The molecule has 1 aliphatic carbocycles. The molecule has 0 amide bonds. The maximum Gasteiger partial charge on any atom is 0.0821 e. The smallest absolute Gasteiger partial charge is 0.0821 e. The van der Waals surface area contributed by atoms with Crippen LogP contribution < -0.4 is 10.6 Å². The Labute approximate surface area is 123 Å². The molecule has 20 heavy (non-hydrogen) atoms. The van der Waals surface area contributed by atoms with Crippen LogP contribution in [-0.2, 0) is 0 Å². The largest absolute Gasteiger partial charge is 0.343 e. The number of nitrogens with one attached hydrogen (secondary N) is 3. The summed E-state index contributed by atoms with van der Waals surface area (Å²) in [6.45, 7) is 7.38. The van der Waals surface area contributed by atoms with E-state index in [1.54, 1.807) is 0 Å². The molecular weight excluding hydrogens is 246 g/mol. The van der Waals surface area contributed by atoms with Crippen molar-refractivity contribution in [3.63, 3.8) is 0 Å². The van der Waals surface area contributed by atoms with Crippen molar-refractivity contribution in [2.24, 2.45) is 5.92 Å². The SMILES string of the molecule is CCC1=CC(=N)C(C#CNC(CC)CCNC)C=C1C. The van der Waals surface area contributed by atoms with Gasteiger partial charge in [0.15, 0.2) is 0 Å². The molecule has 0 saturated heterocycles. The van der Waals surface area contributed by atoms with E-state index in [2.05, 4.69) is 49.4 Å². The molecule has 2 unspecified atom stereocenters. The van der Waals surface area contributed by atoms with Crippen molar-refractivity contribution in [1.82, 2.24) is 10.6 Å². The molecule has 3 heteroatoms. The molecule has 0 aromatic rings. The van der Waals surface area contributed by atoms with Crippen LogP contribution >= 0.6 is 0 Å². The third kappa shape index (κ3) is 4.86. The molecule has 1 rings (SSSR count). The summed E-state index contributed by atoms with van der Waals surface area (Å²) in [7, 11) is 1.97. The van der Waals surface area contributed by atoms with Crippen LogP contribution in [-0.4, -0.2) is 25.3 Å². The number of hydrogen-bond acceptors (Lipinski definition) is 3. The molecule has 3 N–H and O–H groups in total. The number of allylic oxidation sites excluding steroid dienone is 4. The lowest BCUT2D eigenvalue weighted by Gasteiger charge is -2.17. The van der Waals surface area contributed by atoms with Gasteiger partial charge in [-0.05, 0) is 51.4 Å². The second kappa shape index (κ2) is 8.60. The van der Waals surface area contributed by atoms with E-state index in [1.807, 2.05) is 13.1 Å². The van der Waals surface area contributed by atoms with Gasteiger partial charge in [0.05, 0.1) is 11.6 Å². The van der Waals surface area contributed by atoms with Gasteiger partial charge in [-0.15, -0.1) is 0 Å². The van der Waals surface area contributed by atoms with Crippen LogP contribution in [0.4, 0.5) is 0 Å². The zero-order chi connectivity index (χ0) is 15.0. The maximum atomic E-state index is 8.05. The zero-order valence-corrected chi connectivity index (χ0v) is 13.1. The molecule has 0 bridgehead atoms. The molecule has 0 heterocycles. The predicted octanol–water partition coefficient (Wildman–Crippen LogP) is 2.86. The summed E-state index contributed by atoms with van der Waals surface area (Å²) in [6.07, 6.45) is 7.17. The quantitative estimate of drug-likeness (QED) is 0.515. The first-order valence-corrected chi connectivity index (χ1v) is 7.50. The summed E-state index contributed by atoms with van der Waals surface area (Å²) >= 11 is 0. The van der Waals surface area contributed by atoms with Crippen LogP contribution in [0.1, 0.15) is 40.0 Å². The lowest BCUT2D eigenvalue weighted by atomic mass is 9.89. The highest BCUT2D eigenvalue weighted by Crippen LogP contribution is 2.22. The second-order valence-corrected chi connectivity index (χ2v) is 5.22. The molecule has 110 valence electrons. The first kappa shape index (κ1) is 16.5. The third-order valence-electron chi connectivity index (χ3n) is 3.71. The molecule has 0 aliphatic heterocycles. The highest BCUT2D eigenvalue weighted by atomic mass is 14.9. The topological polar surface area (TPSA) is 47.9 Å². The van der Waals surface area contributed by atoms with E-state index in [0.717, 1.165) is 25.8 Å². The summed E-state index contributed by atoms with van der Waals surface area (Å²) in [4.78, 5) is 0. The minimum Gasteiger partial charge on any atom is -0.343 e. The zero-order valence-electron chi connectivity index (χ0n) is 13.1. The van der Waals surface area contributed by atoms with E-state index in [4.69, 9.17) is 5.41 Å². The van der Waals surface area contributed by atoms with E-state index < -0.39 is 0 Å². The van der Waals surface area contributed by atoms with Crippen LogP contribution in [0, 0.1) is 23.3 Å². The Morgan fingerprint density at radius 3 is 2.75 bits per heavy atom. The summed E-state index contributed by atoms with van der Waals surface area (Å²) < 4.78 is 0. The van der Waals surface area contributed by atoms with Crippen molar-refractivity contribution < 1.29 is 0 Å². The van der Waals surface area contributed by atoms with Gasteiger partial charge < -0.3 is 16.0 Å². The highest BCUT2D eigenvalue weighted by molar-refractivity contribution is 6.00. The minimum absolute atomic E-state index is 0.0698. The Hall–Kier alpha value is -1.53. The molecular formula is C17H27N3. The van der Waals surface area contributed by atoms with Crippen LogP contribution in [0.5, 0.6) is 0 Å². The summed E-state index contributed by atoms with van der Waals surface area (Å²) in [5.41, 5.74) is 3.11. The molecule has 0 saturated carbocycles. The van der Waals surface area contributed by atoms with Crippen molar-refractivity contribution >= 4 is 5.71 Å². The van der Waals surface area contributed by atoms with Gasteiger partial charge in [-0.1, -0.05) is 31.4 Å². The highest BCUT2D eigenvalue weighted by Gasteiger charge is 2.15. The monoisotopic (exact) mass is 273 g/mol.